The van der Waals surface area contributed by atoms with E-state index in [4.69, 9.17) is 10.5 Å². The molecule has 0 saturated carbocycles. The monoisotopic (exact) mass is 292 g/mol. The lowest BCUT2D eigenvalue weighted by atomic mass is 10.1. The summed E-state index contributed by atoms with van der Waals surface area (Å²) in [4.78, 5) is 4.52. The highest BCUT2D eigenvalue weighted by Crippen LogP contribution is 2.29. The maximum Gasteiger partial charge on any atom is 0.130 e. The number of benzene rings is 1. The summed E-state index contributed by atoms with van der Waals surface area (Å²) in [7, 11) is 0. The van der Waals surface area contributed by atoms with Crippen molar-refractivity contribution in [3.63, 3.8) is 0 Å². The van der Waals surface area contributed by atoms with E-state index in [2.05, 4.69) is 10.1 Å². The molecular weight excluding hydrogens is 276 g/mol. The van der Waals surface area contributed by atoms with Gasteiger partial charge < -0.3 is 10.5 Å². The van der Waals surface area contributed by atoms with E-state index >= 15 is 0 Å². The van der Waals surface area contributed by atoms with E-state index in [1.54, 1.807) is 4.68 Å². The molecule has 2 aromatic heterocycles. The van der Waals surface area contributed by atoms with Gasteiger partial charge in [-0.3, -0.25) is 4.98 Å². The Morgan fingerprint density at radius 2 is 1.91 bits per heavy atom. The normalized spacial score (nSPS) is 13.3. The number of hydrogen-bond donors (Lipinski definition) is 1. The largest absolute Gasteiger partial charge is 0.383 e. The lowest BCUT2D eigenvalue weighted by Gasteiger charge is -2.03. The summed E-state index contributed by atoms with van der Waals surface area (Å²) in [5.41, 5.74) is 12.1. The Morgan fingerprint density at radius 1 is 1.14 bits per heavy atom. The van der Waals surface area contributed by atoms with Crippen LogP contribution in [-0.2, 0) is 18.0 Å². The molecule has 0 radical (unpaired) electrons. The summed E-state index contributed by atoms with van der Waals surface area (Å²) < 4.78 is 7.20. The number of aromatic nitrogens is 3. The highest BCUT2D eigenvalue weighted by molar-refractivity contribution is 5.67. The Balaban J connectivity index is 1.83. The van der Waals surface area contributed by atoms with E-state index in [9.17, 15) is 0 Å². The molecule has 3 aromatic rings. The van der Waals surface area contributed by atoms with Crippen molar-refractivity contribution < 1.29 is 4.74 Å². The molecule has 1 aliphatic heterocycles. The number of para-hydroxylation sites is 1. The van der Waals surface area contributed by atoms with Crippen molar-refractivity contribution in [3.05, 3.63) is 59.3 Å². The molecule has 4 rings (SSSR count). The number of hydrogen-bond acceptors (Lipinski definition) is 4. The fourth-order valence-corrected chi connectivity index (χ4v) is 2.71. The van der Waals surface area contributed by atoms with E-state index in [-0.39, 0.29) is 0 Å². The Bertz CT molecular complexity index is 839. The van der Waals surface area contributed by atoms with Crippen LogP contribution in [-0.4, -0.2) is 14.8 Å². The first-order valence-electron chi connectivity index (χ1n) is 7.20. The number of fused-ring (bicyclic) bond motifs is 1. The van der Waals surface area contributed by atoms with Crippen molar-refractivity contribution in [2.45, 2.75) is 20.1 Å². The van der Waals surface area contributed by atoms with Crippen LogP contribution in [0.5, 0.6) is 0 Å². The van der Waals surface area contributed by atoms with Crippen LogP contribution in [0.25, 0.3) is 17.1 Å². The summed E-state index contributed by atoms with van der Waals surface area (Å²) in [5, 5.41) is 4.66. The molecule has 0 amide bonds. The second kappa shape index (κ2) is 4.96. The molecule has 0 fully saturated rings. The predicted octanol–water partition coefficient (Wildman–Crippen LogP) is 2.86. The highest BCUT2D eigenvalue weighted by atomic mass is 16.5. The van der Waals surface area contributed by atoms with Crippen LogP contribution in [0.3, 0.4) is 0 Å². The summed E-state index contributed by atoms with van der Waals surface area (Å²) in [6, 6.07) is 11.9. The van der Waals surface area contributed by atoms with Gasteiger partial charge in [-0.05, 0) is 30.7 Å². The van der Waals surface area contributed by atoms with Crippen LogP contribution < -0.4 is 5.73 Å². The van der Waals surface area contributed by atoms with Gasteiger partial charge in [0.15, 0.2) is 0 Å². The fraction of sp³-hybridized carbons (Fsp3) is 0.176. The van der Waals surface area contributed by atoms with Crippen molar-refractivity contribution in [1.29, 1.82) is 0 Å². The van der Waals surface area contributed by atoms with Gasteiger partial charge in [-0.25, -0.2) is 4.68 Å². The summed E-state index contributed by atoms with van der Waals surface area (Å²) in [6.45, 7) is 3.25. The van der Waals surface area contributed by atoms with Crippen molar-refractivity contribution in [3.8, 4) is 17.1 Å². The Labute approximate surface area is 128 Å². The SMILES string of the molecule is Cc1c(-c2cc3c(cn2)COC3)nn(-c2ccccc2)c1N. The Kier molecular flexibility index (Phi) is 2.94. The average Bonchev–Trinajstić information content (AvgIpc) is 3.13. The van der Waals surface area contributed by atoms with Crippen LogP contribution in [0.1, 0.15) is 16.7 Å². The zero-order valence-electron chi connectivity index (χ0n) is 12.3. The van der Waals surface area contributed by atoms with Crippen molar-refractivity contribution >= 4 is 5.82 Å². The second-order valence-corrected chi connectivity index (χ2v) is 5.44. The number of nitrogens with zero attached hydrogens (tertiary/aromatic N) is 3. The van der Waals surface area contributed by atoms with Crippen LogP contribution in [0.15, 0.2) is 42.6 Å². The number of nitrogen functional groups attached to an aromatic ring is 1. The minimum absolute atomic E-state index is 0.638. The number of anilines is 1. The first kappa shape index (κ1) is 13.0. The number of rotatable bonds is 2. The van der Waals surface area contributed by atoms with Crippen LogP contribution >= 0.6 is 0 Å². The maximum atomic E-state index is 6.23. The molecule has 3 heterocycles. The smallest absolute Gasteiger partial charge is 0.130 e. The molecule has 0 atom stereocenters. The molecular formula is C17H16N4O. The first-order chi connectivity index (χ1) is 10.7. The van der Waals surface area contributed by atoms with E-state index in [1.165, 1.54) is 5.56 Å². The topological polar surface area (TPSA) is 66.0 Å². The van der Waals surface area contributed by atoms with E-state index in [0.717, 1.165) is 28.2 Å². The standard InChI is InChI=1S/C17H16N4O/c1-11-16(15-7-12-9-22-10-13(12)8-19-15)20-21(17(11)18)14-5-3-2-4-6-14/h2-8H,9-10,18H2,1H3. The summed E-state index contributed by atoms with van der Waals surface area (Å²) >= 11 is 0. The average molecular weight is 292 g/mol. The third-order valence-electron chi connectivity index (χ3n) is 4.01. The molecule has 5 heteroatoms. The molecule has 22 heavy (non-hydrogen) atoms. The molecule has 5 nitrogen and oxygen atoms in total. The summed E-state index contributed by atoms with van der Waals surface area (Å²) in [5.74, 6) is 0.639. The zero-order valence-corrected chi connectivity index (χ0v) is 12.3. The van der Waals surface area contributed by atoms with Gasteiger partial charge in [0, 0.05) is 17.3 Å². The minimum atomic E-state index is 0.638. The number of ether oxygens (including phenoxy) is 1. The van der Waals surface area contributed by atoms with Crippen molar-refractivity contribution in [2.24, 2.45) is 0 Å². The lowest BCUT2D eigenvalue weighted by molar-refractivity contribution is 0.134. The van der Waals surface area contributed by atoms with Gasteiger partial charge >= 0.3 is 0 Å². The highest BCUT2D eigenvalue weighted by Gasteiger charge is 2.18. The first-order valence-corrected chi connectivity index (χ1v) is 7.20. The quantitative estimate of drug-likeness (QED) is 0.788. The number of pyridine rings is 1. The minimum Gasteiger partial charge on any atom is -0.383 e. The molecule has 0 aliphatic carbocycles. The van der Waals surface area contributed by atoms with E-state index < -0.39 is 0 Å². The molecule has 2 N–H and O–H groups in total. The lowest BCUT2D eigenvalue weighted by Crippen LogP contribution is -2.01. The van der Waals surface area contributed by atoms with Gasteiger partial charge in [0.05, 0.1) is 24.6 Å². The van der Waals surface area contributed by atoms with Gasteiger partial charge in [-0.15, -0.1) is 0 Å². The molecule has 0 spiro atoms. The fourth-order valence-electron chi connectivity index (χ4n) is 2.71. The third-order valence-corrected chi connectivity index (χ3v) is 4.01. The van der Waals surface area contributed by atoms with Gasteiger partial charge in [0.25, 0.3) is 0 Å². The molecule has 1 aliphatic rings. The van der Waals surface area contributed by atoms with Crippen LogP contribution in [0.2, 0.25) is 0 Å². The summed E-state index contributed by atoms with van der Waals surface area (Å²) in [6.07, 6.45) is 1.87. The molecule has 110 valence electrons. The van der Waals surface area contributed by atoms with Crippen LogP contribution in [0, 0.1) is 6.92 Å². The maximum absolute atomic E-state index is 6.23. The van der Waals surface area contributed by atoms with E-state index in [1.807, 2.05) is 49.5 Å². The van der Waals surface area contributed by atoms with Crippen LogP contribution in [0.4, 0.5) is 5.82 Å². The van der Waals surface area contributed by atoms with Gasteiger partial charge in [-0.2, -0.15) is 5.10 Å². The number of nitrogens with two attached hydrogens (primary N) is 1. The molecule has 1 aromatic carbocycles. The van der Waals surface area contributed by atoms with E-state index in [0.29, 0.717) is 19.0 Å². The molecule has 0 unspecified atom stereocenters. The predicted molar refractivity (Wildman–Crippen MR) is 84.4 cm³/mol. The molecule has 0 bridgehead atoms. The van der Waals surface area contributed by atoms with Crippen molar-refractivity contribution in [2.75, 3.05) is 5.73 Å². The van der Waals surface area contributed by atoms with Crippen molar-refractivity contribution in [1.82, 2.24) is 14.8 Å². The van der Waals surface area contributed by atoms with Gasteiger partial charge in [0.2, 0.25) is 0 Å². The molecule has 0 saturated heterocycles. The zero-order chi connectivity index (χ0) is 15.1. The van der Waals surface area contributed by atoms with Gasteiger partial charge in [-0.1, -0.05) is 18.2 Å². The third kappa shape index (κ3) is 1.98. The second-order valence-electron chi connectivity index (χ2n) is 5.44. The Hall–Kier alpha value is -2.66. The van der Waals surface area contributed by atoms with Gasteiger partial charge in [0.1, 0.15) is 11.5 Å². The Morgan fingerprint density at radius 3 is 2.73 bits per heavy atom.